The first-order valence-electron chi connectivity index (χ1n) is 9.62. The molecule has 1 aliphatic rings. The summed E-state index contributed by atoms with van der Waals surface area (Å²) in [5, 5.41) is 0.444. The second kappa shape index (κ2) is 8.36. The van der Waals surface area contributed by atoms with E-state index >= 15 is 0 Å². The summed E-state index contributed by atoms with van der Waals surface area (Å²) in [7, 11) is 1.54. The maximum atomic E-state index is 12.8. The molecule has 3 rings (SSSR count). The third kappa shape index (κ3) is 4.56. The van der Waals surface area contributed by atoms with Crippen molar-refractivity contribution in [2.45, 2.75) is 39.0 Å². The van der Waals surface area contributed by atoms with E-state index in [9.17, 15) is 4.79 Å². The molecule has 1 saturated heterocycles. The van der Waals surface area contributed by atoms with Gasteiger partial charge in [-0.15, -0.1) is 0 Å². The van der Waals surface area contributed by atoms with Gasteiger partial charge in [0, 0.05) is 24.7 Å². The van der Waals surface area contributed by atoms with Gasteiger partial charge in [0.2, 0.25) is 11.8 Å². The van der Waals surface area contributed by atoms with Gasteiger partial charge in [0.05, 0.1) is 12.8 Å². The number of aromatic nitrogens is 1. The highest BCUT2D eigenvalue weighted by Crippen LogP contribution is 2.30. The molecule has 28 heavy (non-hydrogen) atoms. The zero-order valence-corrected chi connectivity index (χ0v) is 17.7. The highest BCUT2D eigenvalue weighted by atomic mass is 35.5. The maximum Gasteiger partial charge on any atom is 0.247 e. The number of methoxy groups -OCH3 is 1. The summed E-state index contributed by atoms with van der Waals surface area (Å²) in [4.78, 5) is 19.2. The lowest BCUT2D eigenvalue weighted by molar-refractivity contribution is -0.124. The number of hydrogen-bond acceptors (Lipinski definition) is 3. The molecule has 4 nitrogen and oxygen atoms in total. The fourth-order valence-electron chi connectivity index (χ4n) is 3.32. The van der Waals surface area contributed by atoms with Gasteiger partial charge in [0.1, 0.15) is 5.02 Å². The van der Waals surface area contributed by atoms with E-state index in [1.54, 1.807) is 12.1 Å². The molecule has 2 heterocycles. The summed E-state index contributed by atoms with van der Waals surface area (Å²) in [6, 6.07) is 11.9. The minimum atomic E-state index is 0.0168. The largest absolute Gasteiger partial charge is 0.480 e. The first-order valence-corrected chi connectivity index (χ1v) is 10.00. The van der Waals surface area contributed by atoms with Gasteiger partial charge < -0.3 is 9.64 Å². The van der Waals surface area contributed by atoms with Crippen LogP contribution in [0.1, 0.15) is 50.4 Å². The smallest absolute Gasteiger partial charge is 0.247 e. The third-order valence-electron chi connectivity index (χ3n) is 5.03. The van der Waals surface area contributed by atoms with Crippen molar-refractivity contribution in [3.63, 3.8) is 0 Å². The SMILES string of the molecule is COc1nc(/C(=C/C(=O)N2CCCC2)c2ccc(C(C)(C)C)cc2)ccc1Cl. The molecule has 0 radical (unpaired) electrons. The Kier molecular flexibility index (Phi) is 6.09. The number of nitrogens with zero attached hydrogens (tertiary/aromatic N) is 2. The number of carbonyl (C=O) groups excluding carboxylic acids is 1. The minimum absolute atomic E-state index is 0.0168. The van der Waals surface area contributed by atoms with E-state index in [1.165, 1.54) is 12.7 Å². The Labute approximate surface area is 172 Å². The molecule has 0 N–H and O–H groups in total. The Morgan fingerprint density at radius 1 is 1.11 bits per heavy atom. The number of benzene rings is 1. The van der Waals surface area contributed by atoms with Crippen molar-refractivity contribution in [2.75, 3.05) is 20.2 Å². The van der Waals surface area contributed by atoms with Crippen LogP contribution in [0.2, 0.25) is 5.02 Å². The predicted molar refractivity (Wildman–Crippen MR) is 114 cm³/mol. The van der Waals surface area contributed by atoms with Crippen LogP contribution in [0.3, 0.4) is 0 Å². The Hall–Kier alpha value is -2.33. The van der Waals surface area contributed by atoms with Crippen LogP contribution in [-0.2, 0) is 10.2 Å². The van der Waals surface area contributed by atoms with Gasteiger partial charge in [-0.25, -0.2) is 4.98 Å². The van der Waals surface area contributed by atoms with Gasteiger partial charge in [-0.2, -0.15) is 0 Å². The number of ether oxygens (including phenoxy) is 1. The van der Waals surface area contributed by atoms with Crippen LogP contribution in [0.25, 0.3) is 5.57 Å². The Morgan fingerprint density at radius 3 is 2.32 bits per heavy atom. The van der Waals surface area contributed by atoms with Crippen LogP contribution >= 0.6 is 11.6 Å². The quantitative estimate of drug-likeness (QED) is 0.673. The van der Waals surface area contributed by atoms with Crippen molar-refractivity contribution >= 4 is 23.1 Å². The summed E-state index contributed by atoms with van der Waals surface area (Å²) in [6.07, 6.45) is 3.80. The number of halogens is 1. The molecule has 0 unspecified atom stereocenters. The maximum absolute atomic E-state index is 12.8. The van der Waals surface area contributed by atoms with Crippen molar-refractivity contribution < 1.29 is 9.53 Å². The lowest BCUT2D eigenvalue weighted by Gasteiger charge is -2.20. The number of hydrogen-bond donors (Lipinski definition) is 0. The molecule has 0 bridgehead atoms. The number of amides is 1. The average molecular weight is 399 g/mol. The molecule has 1 aromatic carbocycles. The fourth-order valence-corrected chi connectivity index (χ4v) is 3.51. The first-order chi connectivity index (χ1) is 13.3. The summed E-state index contributed by atoms with van der Waals surface area (Å²) in [5.74, 6) is 0.369. The molecule has 1 aromatic heterocycles. The number of likely N-dealkylation sites (tertiary alicyclic amines) is 1. The second-order valence-corrected chi connectivity index (χ2v) is 8.51. The van der Waals surface area contributed by atoms with Crippen LogP contribution in [0, 0.1) is 0 Å². The average Bonchev–Trinajstić information content (AvgIpc) is 3.21. The molecule has 1 aliphatic heterocycles. The molecule has 148 valence electrons. The summed E-state index contributed by atoms with van der Waals surface area (Å²) in [5.41, 5.74) is 3.68. The van der Waals surface area contributed by atoms with E-state index in [1.807, 2.05) is 23.1 Å². The summed E-state index contributed by atoms with van der Waals surface area (Å²) < 4.78 is 5.27. The lowest BCUT2D eigenvalue weighted by atomic mass is 9.86. The van der Waals surface area contributed by atoms with Crippen LogP contribution in [-0.4, -0.2) is 36.0 Å². The van der Waals surface area contributed by atoms with Gasteiger partial charge in [-0.3, -0.25) is 4.79 Å². The Morgan fingerprint density at radius 2 is 1.75 bits per heavy atom. The van der Waals surface area contributed by atoms with Crippen LogP contribution < -0.4 is 4.74 Å². The lowest BCUT2D eigenvalue weighted by Crippen LogP contribution is -2.26. The Bertz CT molecular complexity index is 876. The summed E-state index contributed by atoms with van der Waals surface area (Å²) >= 11 is 6.15. The third-order valence-corrected chi connectivity index (χ3v) is 5.32. The van der Waals surface area contributed by atoms with Crippen molar-refractivity contribution in [1.82, 2.24) is 9.88 Å². The standard InChI is InChI=1S/C23H27ClN2O2/c1-23(2,3)17-9-7-16(8-10-17)18(15-21(27)26-13-5-6-14-26)20-12-11-19(24)22(25-20)28-4/h7-12,15H,5-6,13-14H2,1-4H3/b18-15+. The van der Waals surface area contributed by atoms with E-state index in [2.05, 4.69) is 37.9 Å². The van der Waals surface area contributed by atoms with Gasteiger partial charge in [0.15, 0.2) is 0 Å². The molecule has 0 aliphatic carbocycles. The molecular weight excluding hydrogens is 372 g/mol. The summed E-state index contributed by atoms with van der Waals surface area (Å²) in [6.45, 7) is 8.16. The van der Waals surface area contributed by atoms with Crippen molar-refractivity contribution in [3.8, 4) is 5.88 Å². The number of rotatable bonds is 4. The van der Waals surface area contributed by atoms with Gasteiger partial charge >= 0.3 is 0 Å². The highest BCUT2D eigenvalue weighted by Gasteiger charge is 2.20. The zero-order chi connectivity index (χ0) is 20.3. The van der Waals surface area contributed by atoms with E-state index in [4.69, 9.17) is 16.3 Å². The van der Waals surface area contributed by atoms with Crippen LogP contribution in [0.5, 0.6) is 5.88 Å². The highest BCUT2D eigenvalue weighted by molar-refractivity contribution is 6.31. The molecule has 0 spiro atoms. The zero-order valence-electron chi connectivity index (χ0n) is 17.0. The van der Waals surface area contributed by atoms with Crippen molar-refractivity contribution in [2.24, 2.45) is 0 Å². The van der Waals surface area contributed by atoms with Gasteiger partial charge in [0.25, 0.3) is 0 Å². The molecular formula is C23H27ClN2O2. The van der Waals surface area contributed by atoms with Crippen LogP contribution in [0.4, 0.5) is 0 Å². The van der Waals surface area contributed by atoms with E-state index < -0.39 is 0 Å². The first kappa shape index (κ1) is 20.4. The number of pyridine rings is 1. The van der Waals surface area contributed by atoms with Crippen molar-refractivity contribution in [1.29, 1.82) is 0 Å². The van der Waals surface area contributed by atoms with E-state index in [0.717, 1.165) is 37.1 Å². The van der Waals surface area contributed by atoms with Crippen LogP contribution in [0.15, 0.2) is 42.5 Å². The second-order valence-electron chi connectivity index (χ2n) is 8.11. The molecule has 0 atom stereocenters. The molecule has 2 aromatic rings. The topological polar surface area (TPSA) is 42.4 Å². The minimum Gasteiger partial charge on any atom is -0.480 e. The molecule has 5 heteroatoms. The monoisotopic (exact) mass is 398 g/mol. The van der Waals surface area contributed by atoms with E-state index in [0.29, 0.717) is 16.6 Å². The fraction of sp³-hybridized carbons (Fsp3) is 0.391. The Balaban J connectivity index is 2.05. The normalized spacial score (nSPS) is 15.0. The molecule has 1 fully saturated rings. The number of carbonyl (C=O) groups is 1. The molecule has 1 amide bonds. The predicted octanol–water partition coefficient (Wildman–Crippen LogP) is 5.10. The van der Waals surface area contributed by atoms with Gasteiger partial charge in [-0.1, -0.05) is 56.6 Å². The van der Waals surface area contributed by atoms with E-state index in [-0.39, 0.29) is 11.3 Å². The van der Waals surface area contributed by atoms with Crippen molar-refractivity contribution in [3.05, 3.63) is 64.3 Å². The molecule has 0 saturated carbocycles. The van der Waals surface area contributed by atoms with Gasteiger partial charge in [-0.05, 0) is 41.5 Å².